The summed E-state index contributed by atoms with van der Waals surface area (Å²) in [5.41, 5.74) is 0.735. The Morgan fingerprint density at radius 3 is 2.24 bits per heavy atom. The molecule has 1 heterocycles. The predicted octanol–water partition coefficient (Wildman–Crippen LogP) is 3.70. The Kier molecular flexibility index (Phi) is 7.57. The highest BCUT2D eigenvalue weighted by molar-refractivity contribution is 5.94. The molecule has 2 atom stereocenters. The summed E-state index contributed by atoms with van der Waals surface area (Å²) < 4.78 is 5.83. The maximum absolute atomic E-state index is 12.3. The molecule has 0 aromatic heterocycles. The first kappa shape index (κ1) is 20.1. The Labute approximate surface area is 157 Å². The van der Waals surface area contributed by atoms with Gasteiger partial charge in [-0.2, -0.15) is 0 Å². The second kappa shape index (κ2) is 9.44. The van der Waals surface area contributed by atoms with Crippen LogP contribution in [0.1, 0.15) is 43.5 Å². The van der Waals surface area contributed by atoms with E-state index in [0.717, 1.165) is 55.8 Å². The Morgan fingerprint density at radius 2 is 1.72 bits per heavy atom. The highest BCUT2D eigenvalue weighted by Crippen LogP contribution is 2.40. The van der Waals surface area contributed by atoms with Gasteiger partial charge >= 0.3 is 0 Å². The number of halogens is 1. The van der Waals surface area contributed by atoms with Crippen LogP contribution in [-0.4, -0.2) is 55.0 Å². The summed E-state index contributed by atoms with van der Waals surface area (Å²) in [6, 6.07) is 7.56. The van der Waals surface area contributed by atoms with Gasteiger partial charge in [0.25, 0.3) is 5.91 Å². The largest absolute Gasteiger partial charge is 0.494 e. The van der Waals surface area contributed by atoms with Crippen LogP contribution in [0.2, 0.25) is 0 Å². The van der Waals surface area contributed by atoms with Gasteiger partial charge in [-0.05, 0) is 69.2 Å². The van der Waals surface area contributed by atoms with Crippen LogP contribution in [0, 0.1) is 11.8 Å². The molecule has 0 radical (unpaired) electrons. The van der Waals surface area contributed by atoms with Crippen LogP contribution >= 0.6 is 12.4 Å². The zero-order valence-electron chi connectivity index (χ0n) is 15.4. The molecule has 0 bridgehead atoms. The van der Waals surface area contributed by atoms with Crippen molar-refractivity contribution in [2.75, 3.05) is 39.3 Å². The van der Waals surface area contributed by atoms with E-state index in [1.54, 1.807) is 0 Å². The molecule has 0 N–H and O–H groups in total. The summed E-state index contributed by atoms with van der Waals surface area (Å²) >= 11 is 0. The summed E-state index contributed by atoms with van der Waals surface area (Å²) in [4.78, 5) is 16.7. The van der Waals surface area contributed by atoms with E-state index < -0.39 is 0 Å². The minimum atomic E-state index is 0. The molecule has 1 aromatic rings. The highest BCUT2D eigenvalue weighted by atomic mass is 35.5. The molecule has 1 aromatic carbocycles. The minimum Gasteiger partial charge on any atom is -0.494 e. The number of fused-ring (bicyclic) bond motifs is 1. The summed E-state index contributed by atoms with van der Waals surface area (Å²) in [7, 11) is 0. The van der Waals surface area contributed by atoms with E-state index >= 15 is 0 Å². The van der Waals surface area contributed by atoms with Gasteiger partial charge in [-0.25, -0.2) is 0 Å². The molecule has 0 spiro atoms. The van der Waals surface area contributed by atoms with Gasteiger partial charge in [-0.15, -0.1) is 12.4 Å². The third-order valence-electron chi connectivity index (χ3n) is 5.60. The zero-order valence-corrected chi connectivity index (χ0v) is 16.3. The van der Waals surface area contributed by atoms with Crippen molar-refractivity contribution >= 4 is 18.3 Å². The molecule has 5 heteroatoms. The Bertz CT molecular complexity index is 533. The fourth-order valence-electron chi connectivity index (χ4n) is 3.90. The topological polar surface area (TPSA) is 32.8 Å². The van der Waals surface area contributed by atoms with E-state index in [0.29, 0.717) is 0 Å². The van der Waals surface area contributed by atoms with Crippen molar-refractivity contribution < 1.29 is 9.53 Å². The average Bonchev–Trinajstić information content (AvgIpc) is 2.88. The molecule has 140 valence electrons. The lowest BCUT2D eigenvalue weighted by molar-refractivity contribution is 0.0773. The maximum Gasteiger partial charge on any atom is 0.253 e. The SMILES string of the molecule is CCN(CC)C(=O)c1ccc(OCCCN2C[C@H]3CC[C@H]3C2)cc1.Cl. The van der Waals surface area contributed by atoms with Crippen molar-refractivity contribution in [3.05, 3.63) is 29.8 Å². The first-order valence-electron chi connectivity index (χ1n) is 9.45. The third-order valence-corrected chi connectivity index (χ3v) is 5.60. The fraction of sp³-hybridized carbons (Fsp3) is 0.650. The lowest BCUT2D eigenvalue weighted by atomic mass is 9.77. The number of benzene rings is 1. The molecular formula is C20H31ClN2O2. The molecule has 3 rings (SSSR count). The van der Waals surface area contributed by atoms with E-state index in [-0.39, 0.29) is 18.3 Å². The molecule has 2 aliphatic rings. The van der Waals surface area contributed by atoms with Crippen LogP contribution in [0.25, 0.3) is 0 Å². The molecule has 1 saturated carbocycles. The van der Waals surface area contributed by atoms with Crippen LogP contribution in [0.4, 0.5) is 0 Å². The summed E-state index contributed by atoms with van der Waals surface area (Å²) in [6.07, 6.45) is 3.95. The lowest BCUT2D eigenvalue weighted by Gasteiger charge is -2.28. The van der Waals surface area contributed by atoms with Crippen LogP contribution in [0.15, 0.2) is 24.3 Å². The van der Waals surface area contributed by atoms with Crippen LogP contribution in [0.5, 0.6) is 5.75 Å². The van der Waals surface area contributed by atoms with E-state index in [1.807, 2.05) is 43.0 Å². The molecule has 25 heavy (non-hydrogen) atoms. The normalized spacial score (nSPS) is 21.8. The fourth-order valence-corrected chi connectivity index (χ4v) is 3.90. The number of likely N-dealkylation sites (tertiary alicyclic amines) is 1. The molecule has 1 saturated heterocycles. The molecule has 2 fully saturated rings. The minimum absolute atomic E-state index is 0. The standard InChI is InChI=1S/C20H30N2O2.ClH/c1-3-22(4-2)20(23)16-8-10-19(11-9-16)24-13-5-12-21-14-17-6-7-18(17)15-21;/h8-11,17-18H,3-7,12-15H2,1-2H3;1H/t17-,18+;. The Hall–Kier alpha value is -1.26. The molecule has 1 amide bonds. The molecule has 4 nitrogen and oxygen atoms in total. The maximum atomic E-state index is 12.3. The van der Waals surface area contributed by atoms with Gasteiger partial charge < -0.3 is 14.5 Å². The molecule has 0 unspecified atom stereocenters. The van der Waals surface area contributed by atoms with Gasteiger partial charge in [0.15, 0.2) is 0 Å². The number of rotatable bonds is 8. The van der Waals surface area contributed by atoms with E-state index in [4.69, 9.17) is 4.74 Å². The summed E-state index contributed by atoms with van der Waals surface area (Å²) in [6.45, 7) is 9.98. The van der Waals surface area contributed by atoms with E-state index in [9.17, 15) is 4.79 Å². The summed E-state index contributed by atoms with van der Waals surface area (Å²) in [5.74, 6) is 2.92. The number of amides is 1. The van der Waals surface area contributed by atoms with Crippen molar-refractivity contribution in [2.24, 2.45) is 11.8 Å². The molecule has 1 aliphatic carbocycles. The van der Waals surface area contributed by atoms with Gasteiger partial charge in [0.05, 0.1) is 6.61 Å². The van der Waals surface area contributed by atoms with Crippen LogP contribution < -0.4 is 4.74 Å². The number of hydrogen-bond donors (Lipinski definition) is 0. The van der Waals surface area contributed by atoms with Gasteiger partial charge in [0.1, 0.15) is 5.75 Å². The second-order valence-electron chi connectivity index (χ2n) is 7.06. The number of carbonyl (C=O) groups excluding carboxylic acids is 1. The first-order chi connectivity index (χ1) is 11.7. The monoisotopic (exact) mass is 366 g/mol. The number of hydrogen-bond acceptors (Lipinski definition) is 3. The zero-order chi connectivity index (χ0) is 16.9. The number of nitrogens with zero attached hydrogens (tertiary/aromatic N) is 2. The van der Waals surface area contributed by atoms with E-state index in [1.165, 1.54) is 25.9 Å². The lowest BCUT2D eigenvalue weighted by Crippen LogP contribution is -2.30. The van der Waals surface area contributed by atoms with Crippen LogP contribution in [-0.2, 0) is 0 Å². The van der Waals surface area contributed by atoms with Crippen molar-refractivity contribution in [1.29, 1.82) is 0 Å². The predicted molar refractivity (Wildman–Crippen MR) is 104 cm³/mol. The van der Waals surface area contributed by atoms with Crippen molar-refractivity contribution in [3.8, 4) is 5.75 Å². The van der Waals surface area contributed by atoms with Crippen LogP contribution in [0.3, 0.4) is 0 Å². The van der Waals surface area contributed by atoms with Gasteiger partial charge in [-0.1, -0.05) is 0 Å². The van der Waals surface area contributed by atoms with Crippen molar-refractivity contribution in [1.82, 2.24) is 9.80 Å². The van der Waals surface area contributed by atoms with Gasteiger partial charge in [0.2, 0.25) is 0 Å². The van der Waals surface area contributed by atoms with Crippen molar-refractivity contribution in [2.45, 2.75) is 33.1 Å². The van der Waals surface area contributed by atoms with Crippen molar-refractivity contribution in [3.63, 3.8) is 0 Å². The van der Waals surface area contributed by atoms with Gasteiger partial charge in [0, 0.05) is 38.3 Å². The van der Waals surface area contributed by atoms with Gasteiger partial charge in [-0.3, -0.25) is 4.79 Å². The molecular weight excluding hydrogens is 336 g/mol. The third kappa shape index (κ3) is 4.89. The smallest absolute Gasteiger partial charge is 0.253 e. The average molecular weight is 367 g/mol. The second-order valence-corrected chi connectivity index (χ2v) is 7.06. The number of ether oxygens (including phenoxy) is 1. The molecule has 1 aliphatic heterocycles. The quantitative estimate of drug-likeness (QED) is 0.657. The van der Waals surface area contributed by atoms with E-state index in [2.05, 4.69) is 4.90 Å². The Morgan fingerprint density at radius 1 is 1.12 bits per heavy atom. The highest BCUT2D eigenvalue weighted by Gasteiger charge is 2.38. The summed E-state index contributed by atoms with van der Waals surface area (Å²) in [5, 5.41) is 0. The first-order valence-corrected chi connectivity index (χ1v) is 9.45. The number of carbonyl (C=O) groups is 1. The Balaban J connectivity index is 0.00000225.